The number of carbonyl (C=O) groups is 1. The molecule has 0 fully saturated rings. The topological polar surface area (TPSA) is 46.5 Å². The molecule has 0 heterocycles. The zero-order valence-electron chi connectivity index (χ0n) is 14.0. The molecule has 2 aromatic carbocycles. The summed E-state index contributed by atoms with van der Waals surface area (Å²) in [6.45, 7) is 3.57. The third-order valence-electron chi connectivity index (χ3n) is 3.60. The van der Waals surface area contributed by atoms with Gasteiger partial charge in [0.2, 0.25) is 0 Å². The SMILES string of the molecule is COc1cc(C(=O)/C=C/c2cc(C)c(O)c(C)c2)ccc1SC(F)F. The third-order valence-corrected chi connectivity index (χ3v) is 4.37. The van der Waals surface area contributed by atoms with Gasteiger partial charge in [0.15, 0.2) is 5.78 Å². The van der Waals surface area contributed by atoms with E-state index >= 15 is 0 Å². The fraction of sp³-hybridized carbons (Fsp3) is 0.211. The Balaban J connectivity index is 2.23. The first-order valence-corrected chi connectivity index (χ1v) is 8.35. The van der Waals surface area contributed by atoms with Crippen LogP contribution < -0.4 is 4.74 Å². The highest BCUT2D eigenvalue weighted by Gasteiger charge is 2.13. The minimum atomic E-state index is -2.56. The summed E-state index contributed by atoms with van der Waals surface area (Å²) < 4.78 is 30.1. The Morgan fingerprint density at radius 3 is 2.40 bits per heavy atom. The molecule has 0 aromatic heterocycles. The lowest BCUT2D eigenvalue weighted by Gasteiger charge is -2.09. The zero-order chi connectivity index (χ0) is 18.6. The summed E-state index contributed by atoms with van der Waals surface area (Å²) >= 11 is 0.373. The fourth-order valence-corrected chi connectivity index (χ4v) is 2.96. The Labute approximate surface area is 149 Å². The Hall–Kier alpha value is -2.34. The van der Waals surface area contributed by atoms with Gasteiger partial charge in [0.25, 0.3) is 5.76 Å². The van der Waals surface area contributed by atoms with Gasteiger partial charge in [-0.1, -0.05) is 17.8 Å². The summed E-state index contributed by atoms with van der Waals surface area (Å²) in [5, 5.41) is 9.77. The highest BCUT2D eigenvalue weighted by molar-refractivity contribution is 7.99. The molecule has 1 N–H and O–H groups in total. The maximum Gasteiger partial charge on any atom is 0.289 e. The molecule has 25 heavy (non-hydrogen) atoms. The normalized spacial score (nSPS) is 11.3. The van der Waals surface area contributed by atoms with Crippen molar-refractivity contribution in [3.63, 3.8) is 0 Å². The molecule has 0 saturated heterocycles. The molecule has 0 amide bonds. The van der Waals surface area contributed by atoms with Crippen molar-refractivity contribution in [2.24, 2.45) is 0 Å². The van der Waals surface area contributed by atoms with Crippen LogP contribution in [0.1, 0.15) is 27.0 Å². The van der Waals surface area contributed by atoms with Gasteiger partial charge in [0.1, 0.15) is 11.5 Å². The molecule has 2 rings (SSSR count). The van der Waals surface area contributed by atoms with Crippen LogP contribution in [0.2, 0.25) is 0 Å². The fourth-order valence-electron chi connectivity index (χ4n) is 2.37. The van der Waals surface area contributed by atoms with Gasteiger partial charge in [0, 0.05) is 5.56 Å². The molecule has 2 aromatic rings. The maximum absolute atomic E-state index is 12.5. The van der Waals surface area contributed by atoms with Gasteiger partial charge in [-0.05, 0) is 66.9 Å². The zero-order valence-corrected chi connectivity index (χ0v) is 14.9. The van der Waals surface area contributed by atoms with Gasteiger partial charge in [0.05, 0.1) is 12.0 Å². The van der Waals surface area contributed by atoms with E-state index < -0.39 is 5.76 Å². The molecule has 0 saturated carbocycles. The van der Waals surface area contributed by atoms with Crippen molar-refractivity contribution in [3.05, 3.63) is 58.7 Å². The van der Waals surface area contributed by atoms with Crippen LogP contribution in [-0.2, 0) is 0 Å². The number of aryl methyl sites for hydroxylation is 2. The van der Waals surface area contributed by atoms with Crippen molar-refractivity contribution >= 4 is 23.6 Å². The van der Waals surface area contributed by atoms with Crippen molar-refractivity contribution in [1.29, 1.82) is 0 Å². The van der Waals surface area contributed by atoms with Gasteiger partial charge in [-0.3, -0.25) is 4.79 Å². The molecule has 3 nitrogen and oxygen atoms in total. The Morgan fingerprint density at radius 2 is 1.84 bits per heavy atom. The van der Waals surface area contributed by atoms with Crippen LogP contribution in [-0.4, -0.2) is 23.8 Å². The third kappa shape index (κ3) is 4.82. The number of phenolic OH excluding ortho intramolecular Hbond substituents is 1. The lowest BCUT2D eigenvalue weighted by Crippen LogP contribution is -1.97. The number of hydrogen-bond acceptors (Lipinski definition) is 4. The standard InChI is InChI=1S/C19H18F2O3S/c1-11-8-13(9-12(2)18(11)23)4-6-15(22)14-5-7-17(25-19(20)21)16(10-14)24-3/h4-10,19,23H,1-3H3/b6-4+. The van der Waals surface area contributed by atoms with Crippen LogP contribution in [0.5, 0.6) is 11.5 Å². The van der Waals surface area contributed by atoms with Crippen LogP contribution in [0.3, 0.4) is 0 Å². The van der Waals surface area contributed by atoms with Gasteiger partial charge >= 0.3 is 0 Å². The van der Waals surface area contributed by atoms with E-state index in [4.69, 9.17) is 4.74 Å². The van der Waals surface area contributed by atoms with E-state index in [-0.39, 0.29) is 22.2 Å². The number of halogens is 2. The minimum Gasteiger partial charge on any atom is -0.507 e. The number of ether oxygens (including phenoxy) is 1. The highest BCUT2D eigenvalue weighted by Crippen LogP contribution is 2.34. The lowest BCUT2D eigenvalue weighted by molar-refractivity contribution is 0.104. The van der Waals surface area contributed by atoms with Gasteiger partial charge < -0.3 is 9.84 Å². The van der Waals surface area contributed by atoms with Crippen LogP contribution in [0.4, 0.5) is 8.78 Å². The molecule has 0 aliphatic carbocycles. The number of phenols is 1. The molecule has 0 atom stereocenters. The van der Waals surface area contributed by atoms with Crippen molar-refractivity contribution < 1.29 is 23.4 Å². The van der Waals surface area contributed by atoms with Crippen LogP contribution in [0, 0.1) is 13.8 Å². The first kappa shape index (κ1) is 19.0. The number of alkyl halides is 2. The first-order chi connectivity index (χ1) is 11.8. The molecule has 0 aliphatic heterocycles. The average Bonchev–Trinajstić information content (AvgIpc) is 2.57. The second-order valence-electron chi connectivity index (χ2n) is 5.45. The molecule has 0 radical (unpaired) electrons. The second kappa shape index (κ2) is 8.16. The van der Waals surface area contributed by atoms with Crippen LogP contribution >= 0.6 is 11.8 Å². The number of thioether (sulfide) groups is 1. The quantitative estimate of drug-likeness (QED) is 0.433. The average molecular weight is 364 g/mol. The summed E-state index contributed by atoms with van der Waals surface area (Å²) in [6, 6.07) is 7.94. The lowest BCUT2D eigenvalue weighted by atomic mass is 10.0. The molecular weight excluding hydrogens is 346 g/mol. The van der Waals surface area contributed by atoms with Crippen molar-refractivity contribution in [2.75, 3.05) is 7.11 Å². The Morgan fingerprint density at radius 1 is 1.20 bits per heavy atom. The number of benzene rings is 2. The summed E-state index contributed by atoms with van der Waals surface area (Å²) in [6.07, 6.45) is 3.05. The smallest absolute Gasteiger partial charge is 0.289 e. The second-order valence-corrected chi connectivity index (χ2v) is 6.48. The number of ketones is 1. The van der Waals surface area contributed by atoms with E-state index in [0.717, 1.165) is 16.7 Å². The summed E-state index contributed by atoms with van der Waals surface area (Å²) in [4.78, 5) is 12.6. The number of allylic oxidation sites excluding steroid dienone is 1. The van der Waals surface area contributed by atoms with Crippen molar-refractivity contribution in [2.45, 2.75) is 24.5 Å². The molecule has 6 heteroatoms. The van der Waals surface area contributed by atoms with Crippen molar-refractivity contribution in [1.82, 2.24) is 0 Å². The monoisotopic (exact) mass is 364 g/mol. The Kier molecular flexibility index (Phi) is 6.20. The Bertz CT molecular complexity index is 793. The van der Waals surface area contributed by atoms with E-state index in [1.807, 2.05) is 0 Å². The van der Waals surface area contributed by atoms with E-state index in [1.54, 1.807) is 32.1 Å². The largest absolute Gasteiger partial charge is 0.507 e. The van der Waals surface area contributed by atoms with Gasteiger partial charge in [-0.25, -0.2) is 0 Å². The number of hydrogen-bond donors (Lipinski definition) is 1. The van der Waals surface area contributed by atoms with E-state index in [0.29, 0.717) is 17.3 Å². The number of rotatable bonds is 6. The van der Waals surface area contributed by atoms with Crippen molar-refractivity contribution in [3.8, 4) is 11.5 Å². The summed E-state index contributed by atoms with van der Waals surface area (Å²) in [5.74, 6) is -2.35. The molecule has 132 valence electrons. The molecule has 0 unspecified atom stereocenters. The van der Waals surface area contributed by atoms with E-state index in [1.165, 1.54) is 31.4 Å². The van der Waals surface area contributed by atoms with E-state index in [2.05, 4.69) is 0 Å². The highest BCUT2D eigenvalue weighted by atomic mass is 32.2. The molecule has 0 spiro atoms. The predicted octanol–water partition coefficient (Wildman–Crippen LogP) is 5.23. The molecule has 0 bridgehead atoms. The minimum absolute atomic E-state index is 0.236. The number of carbonyl (C=O) groups excluding carboxylic acids is 1. The number of methoxy groups -OCH3 is 1. The van der Waals surface area contributed by atoms with Gasteiger partial charge in [-0.15, -0.1) is 0 Å². The molecular formula is C19H18F2O3S. The van der Waals surface area contributed by atoms with Gasteiger partial charge in [-0.2, -0.15) is 8.78 Å². The first-order valence-electron chi connectivity index (χ1n) is 7.47. The summed E-state index contributed by atoms with van der Waals surface area (Å²) in [5.41, 5.74) is 2.58. The van der Waals surface area contributed by atoms with E-state index in [9.17, 15) is 18.7 Å². The van der Waals surface area contributed by atoms with Crippen LogP contribution in [0.25, 0.3) is 6.08 Å². The molecule has 0 aliphatic rings. The maximum atomic E-state index is 12.5. The van der Waals surface area contributed by atoms with Crippen LogP contribution in [0.15, 0.2) is 41.3 Å². The number of aromatic hydroxyl groups is 1. The summed E-state index contributed by atoms with van der Waals surface area (Å²) in [7, 11) is 1.37. The predicted molar refractivity (Wildman–Crippen MR) is 95.8 cm³/mol.